The Morgan fingerprint density at radius 2 is 1.87 bits per heavy atom. The number of nitrogens with two attached hydrogens (primary N) is 2. The average molecular weight is 252 g/mol. The fourth-order valence-electron chi connectivity index (χ4n) is 0.688. The molecule has 0 heterocycles. The number of rotatable bonds is 6. The van der Waals surface area contributed by atoms with E-state index in [0.29, 0.717) is 6.42 Å². The highest BCUT2D eigenvalue weighted by atomic mass is 32.2. The van der Waals surface area contributed by atoms with Gasteiger partial charge in [0, 0.05) is 5.75 Å². The summed E-state index contributed by atoms with van der Waals surface area (Å²) < 4.78 is 4.48. The highest BCUT2D eigenvalue weighted by Crippen LogP contribution is 2.01. The molecule has 0 aliphatic carbocycles. The molecule has 0 radical (unpaired) electrons. The van der Waals surface area contributed by atoms with Crippen molar-refractivity contribution in [3.63, 3.8) is 0 Å². The van der Waals surface area contributed by atoms with Crippen molar-refractivity contribution < 1.29 is 14.3 Å². The van der Waals surface area contributed by atoms with E-state index in [1.165, 1.54) is 0 Å². The summed E-state index contributed by atoms with van der Waals surface area (Å²) in [6.45, 7) is 0. The molecule has 2 atom stereocenters. The monoisotopic (exact) mass is 252 g/mol. The number of ether oxygens (including phenoxy) is 1. The molecule has 0 saturated carbocycles. The Kier molecular flexibility index (Phi) is 7.85. The van der Waals surface area contributed by atoms with Crippen LogP contribution in [0.1, 0.15) is 6.42 Å². The Balaban J connectivity index is 3.96. The number of hydrogen-bond acceptors (Lipinski definition) is 7. The molecule has 15 heavy (non-hydrogen) atoms. The van der Waals surface area contributed by atoms with E-state index in [2.05, 4.69) is 17.4 Å². The van der Waals surface area contributed by atoms with Crippen LogP contribution in [0.5, 0.6) is 0 Å². The molecule has 0 fully saturated rings. The first-order chi connectivity index (χ1) is 7.02. The van der Waals surface area contributed by atoms with Crippen molar-refractivity contribution in [3.05, 3.63) is 0 Å². The fourth-order valence-corrected chi connectivity index (χ4v) is 1.33. The molecule has 0 spiro atoms. The Bertz CT molecular complexity index is 226. The smallest absolute Gasteiger partial charge is 0.331 e. The van der Waals surface area contributed by atoms with Gasteiger partial charge in [0.15, 0.2) is 0 Å². The van der Waals surface area contributed by atoms with Gasteiger partial charge < -0.3 is 16.2 Å². The Morgan fingerprint density at radius 3 is 2.33 bits per heavy atom. The second kappa shape index (κ2) is 7.98. The topological polar surface area (TPSA) is 95.4 Å². The Morgan fingerprint density at radius 1 is 1.33 bits per heavy atom. The van der Waals surface area contributed by atoms with Gasteiger partial charge in [-0.2, -0.15) is 24.4 Å². The lowest BCUT2D eigenvalue weighted by molar-refractivity contribution is -0.161. The Labute approximate surface area is 98.7 Å². The van der Waals surface area contributed by atoms with Crippen molar-refractivity contribution in [2.45, 2.75) is 18.5 Å². The second-order valence-corrected chi connectivity index (χ2v) is 4.27. The molecular formula is C8H16N2O3S2. The average Bonchev–Trinajstić information content (AvgIpc) is 2.24. The summed E-state index contributed by atoms with van der Waals surface area (Å²) in [7, 11) is 0. The van der Waals surface area contributed by atoms with E-state index in [4.69, 9.17) is 11.5 Å². The molecule has 0 aliphatic rings. The predicted molar refractivity (Wildman–Crippen MR) is 63.9 cm³/mol. The number of carbonyl (C=O) groups excluding carboxylic acids is 2. The van der Waals surface area contributed by atoms with Crippen LogP contribution in [0.25, 0.3) is 0 Å². The molecule has 4 N–H and O–H groups in total. The van der Waals surface area contributed by atoms with Gasteiger partial charge in [0.25, 0.3) is 0 Å². The number of carbonyl (C=O) groups is 2. The molecule has 0 unspecified atom stereocenters. The van der Waals surface area contributed by atoms with Crippen molar-refractivity contribution in [1.82, 2.24) is 0 Å². The van der Waals surface area contributed by atoms with Crippen molar-refractivity contribution in [2.75, 3.05) is 17.8 Å². The summed E-state index contributed by atoms with van der Waals surface area (Å²) in [5.41, 5.74) is 10.8. The van der Waals surface area contributed by atoms with Gasteiger partial charge in [0.1, 0.15) is 12.1 Å². The van der Waals surface area contributed by atoms with Crippen LogP contribution < -0.4 is 11.5 Å². The molecule has 0 amide bonds. The molecular weight excluding hydrogens is 236 g/mol. The van der Waals surface area contributed by atoms with Crippen LogP contribution in [-0.4, -0.2) is 41.8 Å². The van der Waals surface area contributed by atoms with Gasteiger partial charge >= 0.3 is 11.9 Å². The number of thioether (sulfide) groups is 1. The quantitative estimate of drug-likeness (QED) is 0.332. The van der Waals surface area contributed by atoms with Crippen LogP contribution in [0.15, 0.2) is 0 Å². The minimum atomic E-state index is -0.884. The van der Waals surface area contributed by atoms with E-state index in [-0.39, 0.29) is 5.75 Å². The molecule has 0 bridgehead atoms. The van der Waals surface area contributed by atoms with E-state index >= 15 is 0 Å². The van der Waals surface area contributed by atoms with Gasteiger partial charge in [-0.3, -0.25) is 0 Å². The van der Waals surface area contributed by atoms with E-state index in [1.54, 1.807) is 11.8 Å². The van der Waals surface area contributed by atoms with Crippen LogP contribution in [0, 0.1) is 0 Å². The Hall–Kier alpha value is -0.240. The summed E-state index contributed by atoms with van der Waals surface area (Å²) in [5, 5.41) is 0. The van der Waals surface area contributed by atoms with Gasteiger partial charge in [-0.15, -0.1) is 0 Å². The molecule has 0 rings (SSSR count). The van der Waals surface area contributed by atoms with Crippen LogP contribution in [0.2, 0.25) is 0 Å². The zero-order chi connectivity index (χ0) is 11.8. The lowest BCUT2D eigenvalue weighted by Crippen LogP contribution is -2.40. The van der Waals surface area contributed by atoms with E-state index in [1.807, 2.05) is 6.26 Å². The highest BCUT2D eigenvalue weighted by Gasteiger charge is 2.21. The van der Waals surface area contributed by atoms with Gasteiger partial charge in [-0.25, -0.2) is 9.59 Å². The molecule has 7 heteroatoms. The molecule has 0 aromatic rings. The minimum absolute atomic E-state index is 0.131. The summed E-state index contributed by atoms with van der Waals surface area (Å²) in [6.07, 6.45) is 2.38. The maximum Gasteiger partial charge on any atom is 0.331 e. The standard InChI is InChI=1S/C8H16N2O3S2/c1-15-3-2-5(9)7(11)13-8(12)6(10)4-14/h5-6,14H,2-4,9-10H2,1H3/t5-,6-/m0/s1. The number of hydrogen-bond donors (Lipinski definition) is 3. The highest BCUT2D eigenvalue weighted by molar-refractivity contribution is 7.98. The SMILES string of the molecule is CSCC[C@H](N)C(=O)OC(=O)[C@@H](N)CS. The predicted octanol–water partition coefficient (Wildman–Crippen LogP) is -0.606. The van der Waals surface area contributed by atoms with Gasteiger partial charge in [0.2, 0.25) is 0 Å². The summed E-state index contributed by atoms with van der Waals surface area (Å²) in [6, 6.07) is -1.65. The third kappa shape index (κ3) is 6.03. The normalized spacial score (nSPS) is 14.4. The summed E-state index contributed by atoms with van der Waals surface area (Å²) >= 11 is 5.38. The molecule has 5 nitrogen and oxygen atoms in total. The summed E-state index contributed by atoms with van der Waals surface area (Å²) in [5.74, 6) is -0.643. The van der Waals surface area contributed by atoms with E-state index in [0.717, 1.165) is 5.75 Å². The molecule has 0 saturated heterocycles. The largest absolute Gasteiger partial charge is 0.391 e. The zero-order valence-corrected chi connectivity index (χ0v) is 10.2. The second-order valence-electron chi connectivity index (χ2n) is 2.92. The maximum atomic E-state index is 11.2. The molecule has 88 valence electrons. The van der Waals surface area contributed by atoms with Crippen LogP contribution in [-0.2, 0) is 14.3 Å². The molecule has 0 aromatic heterocycles. The first-order valence-corrected chi connectivity index (χ1v) is 6.42. The van der Waals surface area contributed by atoms with Crippen LogP contribution in [0.4, 0.5) is 0 Å². The zero-order valence-electron chi connectivity index (χ0n) is 8.51. The minimum Gasteiger partial charge on any atom is -0.391 e. The molecule has 0 aliphatic heterocycles. The van der Waals surface area contributed by atoms with Gasteiger partial charge in [-0.05, 0) is 18.4 Å². The van der Waals surface area contributed by atoms with Crippen molar-refractivity contribution in [3.8, 4) is 0 Å². The lowest BCUT2D eigenvalue weighted by Gasteiger charge is -2.11. The number of esters is 2. The fraction of sp³-hybridized carbons (Fsp3) is 0.750. The molecule has 0 aromatic carbocycles. The maximum absolute atomic E-state index is 11.2. The van der Waals surface area contributed by atoms with E-state index in [9.17, 15) is 9.59 Å². The van der Waals surface area contributed by atoms with Gasteiger partial charge in [0.05, 0.1) is 0 Å². The summed E-state index contributed by atoms with van der Waals surface area (Å²) in [4.78, 5) is 22.3. The van der Waals surface area contributed by atoms with Gasteiger partial charge in [-0.1, -0.05) is 0 Å². The van der Waals surface area contributed by atoms with Crippen molar-refractivity contribution in [1.29, 1.82) is 0 Å². The van der Waals surface area contributed by atoms with Crippen LogP contribution >= 0.6 is 24.4 Å². The van der Waals surface area contributed by atoms with Crippen molar-refractivity contribution >= 4 is 36.3 Å². The van der Waals surface area contributed by atoms with E-state index < -0.39 is 24.0 Å². The number of thiol groups is 1. The third-order valence-electron chi connectivity index (χ3n) is 1.64. The third-order valence-corrected chi connectivity index (χ3v) is 2.67. The lowest BCUT2D eigenvalue weighted by atomic mass is 10.2. The first-order valence-electron chi connectivity index (χ1n) is 4.39. The van der Waals surface area contributed by atoms with Crippen molar-refractivity contribution in [2.24, 2.45) is 11.5 Å². The first kappa shape index (κ1) is 14.8. The van der Waals surface area contributed by atoms with Crippen LogP contribution in [0.3, 0.4) is 0 Å².